The molecule has 1 amide bonds. The Hall–Kier alpha value is -1.55. The highest BCUT2D eigenvalue weighted by Gasteiger charge is 2.19. The van der Waals surface area contributed by atoms with Crippen LogP contribution in [0.1, 0.15) is 32.1 Å². The first-order valence-corrected chi connectivity index (χ1v) is 7.90. The second-order valence-corrected chi connectivity index (χ2v) is 5.72. The number of para-hydroxylation sites is 1. The highest BCUT2D eigenvalue weighted by atomic mass is 16.5. The van der Waals surface area contributed by atoms with Crippen LogP contribution in [0.25, 0.3) is 0 Å². The van der Waals surface area contributed by atoms with Crippen LogP contribution in [0.3, 0.4) is 0 Å². The van der Waals surface area contributed by atoms with Crippen molar-refractivity contribution in [1.82, 2.24) is 10.2 Å². The maximum atomic E-state index is 11.9. The van der Waals surface area contributed by atoms with Crippen molar-refractivity contribution in [2.75, 3.05) is 26.7 Å². The molecule has 4 heteroatoms. The Balaban J connectivity index is 1.58. The first kappa shape index (κ1) is 15.8. The molecule has 0 heterocycles. The minimum absolute atomic E-state index is 0.0831. The number of nitrogens with one attached hydrogen (secondary N) is 1. The Labute approximate surface area is 127 Å². The summed E-state index contributed by atoms with van der Waals surface area (Å²) in [5.41, 5.74) is 0. The first-order valence-electron chi connectivity index (χ1n) is 7.90. The normalized spacial score (nSPS) is 15.9. The van der Waals surface area contributed by atoms with E-state index in [1.807, 2.05) is 30.3 Å². The molecule has 0 aromatic heterocycles. The first-order chi connectivity index (χ1) is 10.3. The molecule has 21 heavy (non-hydrogen) atoms. The Morgan fingerprint density at radius 2 is 1.95 bits per heavy atom. The van der Waals surface area contributed by atoms with Crippen LogP contribution in [-0.4, -0.2) is 43.6 Å². The van der Waals surface area contributed by atoms with Crippen molar-refractivity contribution in [2.24, 2.45) is 0 Å². The van der Waals surface area contributed by atoms with Gasteiger partial charge in [-0.25, -0.2) is 0 Å². The predicted molar refractivity (Wildman–Crippen MR) is 84.4 cm³/mol. The molecule has 1 N–H and O–H groups in total. The summed E-state index contributed by atoms with van der Waals surface area (Å²) >= 11 is 0. The average Bonchev–Trinajstić information content (AvgIpc) is 2.53. The van der Waals surface area contributed by atoms with Gasteiger partial charge in [0.1, 0.15) is 12.4 Å². The van der Waals surface area contributed by atoms with Gasteiger partial charge in [0.2, 0.25) is 5.91 Å². The molecule has 1 aromatic carbocycles. The van der Waals surface area contributed by atoms with Gasteiger partial charge in [0.25, 0.3) is 0 Å². The Bertz CT molecular complexity index is 416. The number of rotatable bonds is 7. The molecule has 1 fully saturated rings. The number of benzene rings is 1. The molecule has 0 bridgehead atoms. The van der Waals surface area contributed by atoms with Crippen molar-refractivity contribution >= 4 is 5.91 Å². The van der Waals surface area contributed by atoms with Crippen LogP contribution in [-0.2, 0) is 4.79 Å². The molecule has 1 saturated carbocycles. The van der Waals surface area contributed by atoms with E-state index < -0.39 is 0 Å². The second-order valence-electron chi connectivity index (χ2n) is 5.72. The summed E-state index contributed by atoms with van der Waals surface area (Å²) in [6.07, 6.45) is 6.37. The van der Waals surface area contributed by atoms with Crippen molar-refractivity contribution in [3.05, 3.63) is 30.3 Å². The topological polar surface area (TPSA) is 41.6 Å². The maximum Gasteiger partial charge on any atom is 0.234 e. The number of ether oxygens (including phenoxy) is 1. The van der Waals surface area contributed by atoms with Crippen molar-refractivity contribution in [3.63, 3.8) is 0 Å². The summed E-state index contributed by atoms with van der Waals surface area (Å²) in [6.45, 7) is 1.53. The number of hydrogen-bond donors (Lipinski definition) is 1. The lowest BCUT2D eigenvalue weighted by Gasteiger charge is -2.30. The van der Waals surface area contributed by atoms with Crippen molar-refractivity contribution in [2.45, 2.75) is 38.1 Å². The third kappa shape index (κ3) is 5.76. The molecule has 1 aliphatic rings. The number of amides is 1. The minimum Gasteiger partial charge on any atom is -0.492 e. The molecule has 0 spiro atoms. The standard InChI is InChI=1S/C17H26N2O2/c1-19(15-8-4-2-5-9-15)14-17(20)18-12-13-21-16-10-6-3-7-11-16/h3,6-7,10-11,15H,2,4-5,8-9,12-14H2,1H3,(H,18,20). The highest BCUT2D eigenvalue weighted by molar-refractivity contribution is 5.77. The quantitative estimate of drug-likeness (QED) is 0.784. The minimum atomic E-state index is 0.0831. The van der Waals surface area contributed by atoms with Gasteiger partial charge < -0.3 is 10.1 Å². The summed E-state index contributed by atoms with van der Waals surface area (Å²) in [5, 5.41) is 2.92. The van der Waals surface area contributed by atoms with Gasteiger partial charge in [-0.1, -0.05) is 37.5 Å². The molecule has 1 aliphatic carbocycles. The number of hydrogen-bond acceptors (Lipinski definition) is 3. The largest absolute Gasteiger partial charge is 0.492 e. The van der Waals surface area contributed by atoms with Crippen LogP contribution in [0.5, 0.6) is 5.75 Å². The van der Waals surface area contributed by atoms with Gasteiger partial charge in [-0.3, -0.25) is 9.69 Å². The van der Waals surface area contributed by atoms with Gasteiger partial charge in [-0.15, -0.1) is 0 Å². The van der Waals surface area contributed by atoms with Crippen LogP contribution in [0.2, 0.25) is 0 Å². The SMILES string of the molecule is CN(CC(=O)NCCOc1ccccc1)C1CCCCC1. The van der Waals surface area contributed by atoms with E-state index in [-0.39, 0.29) is 5.91 Å². The summed E-state index contributed by atoms with van der Waals surface area (Å²) in [7, 11) is 2.05. The lowest BCUT2D eigenvalue weighted by molar-refractivity contribution is -0.122. The highest BCUT2D eigenvalue weighted by Crippen LogP contribution is 2.21. The molecule has 1 aromatic rings. The van der Waals surface area contributed by atoms with Crippen molar-refractivity contribution in [3.8, 4) is 5.75 Å². The smallest absolute Gasteiger partial charge is 0.234 e. The van der Waals surface area contributed by atoms with E-state index in [9.17, 15) is 4.79 Å². The van der Waals surface area contributed by atoms with E-state index in [0.29, 0.717) is 25.7 Å². The summed E-state index contributed by atoms with van der Waals surface area (Å²) in [4.78, 5) is 14.1. The van der Waals surface area contributed by atoms with Crippen LogP contribution in [0, 0.1) is 0 Å². The zero-order chi connectivity index (χ0) is 14.9. The number of carbonyl (C=O) groups is 1. The maximum absolute atomic E-state index is 11.9. The van der Waals surface area contributed by atoms with Crippen molar-refractivity contribution < 1.29 is 9.53 Å². The molecular weight excluding hydrogens is 264 g/mol. The lowest BCUT2D eigenvalue weighted by atomic mass is 9.94. The van der Waals surface area contributed by atoms with E-state index in [0.717, 1.165) is 5.75 Å². The molecule has 0 radical (unpaired) electrons. The van der Waals surface area contributed by atoms with Gasteiger partial charge in [-0.05, 0) is 32.0 Å². The van der Waals surface area contributed by atoms with E-state index in [4.69, 9.17) is 4.74 Å². The molecule has 0 unspecified atom stereocenters. The fourth-order valence-electron chi connectivity index (χ4n) is 2.81. The number of nitrogens with zero attached hydrogens (tertiary/aromatic N) is 1. The van der Waals surface area contributed by atoms with E-state index >= 15 is 0 Å². The predicted octanol–water partition coefficient (Wildman–Crippen LogP) is 2.45. The second kappa shape index (κ2) is 8.67. The van der Waals surface area contributed by atoms with E-state index in [2.05, 4.69) is 17.3 Å². The Morgan fingerprint density at radius 1 is 1.24 bits per heavy atom. The van der Waals surface area contributed by atoms with E-state index in [1.165, 1.54) is 32.1 Å². The third-order valence-electron chi connectivity index (χ3n) is 4.03. The summed E-state index contributed by atoms with van der Waals surface area (Å²) in [5.74, 6) is 0.922. The monoisotopic (exact) mass is 290 g/mol. The fraction of sp³-hybridized carbons (Fsp3) is 0.588. The molecule has 0 saturated heterocycles. The number of likely N-dealkylation sites (N-methyl/N-ethyl adjacent to an activating group) is 1. The molecule has 4 nitrogen and oxygen atoms in total. The zero-order valence-corrected chi connectivity index (χ0v) is 12.9. The average molecular weight is 290 g/mol. The molecule has 0 aliphatic heterocycles. The van der Waals surface area contributed by atoms with Crippen LogP contribution in [0.15, 0.2) is 30.3 Å². The van der Waals surface area contributed by atoms with Gasteiger partial charge >= 0.3 is 0 Å². The molecule has 116 valence electrons. The zero-order valence-electron chi connectivity index (χ0n) is 12.9. The summed E-state index contributed by atoms with van der Waals surface area (Å²) in [6, 6.07) is 10.2. The molecule has 0 atom stereocenters. The van der Waals surface area contributed by atoms with Crippen LogP contribution < -0.4 is 10.1 Å². The number of carbonyl (C=O) groups excluding carboxylic acids is 1. The van der Waals surface area contributed by atoms with Gasteiger partial charge in [-0.2, -0.15) is 0 Å². The molecule has 2 rings (SSSR count). The van der Waals surface area contributed by atoms with Gasteiger partial charge in [0, 0.05) is 6.04 Å². The van der Waals surface area contributed by atoms with Crippen molar-refractivity contribution in [1.29, 1.82) is 0 Å². The van der Waals surface area contributed by atoms with Gasteiger partial charge in [0.15, 0.2) is 0 Å². The third-order valence-corrected chi connectivity index (χ3v) is 4.03. The lowest BCUT2D eigenvalue weighted by Crippen LogP contribution is -2.42. The van der Waals surface area contributed by atoms with E-state index in [1.54, 1.807) is 0 Å². The Kier molecular flexibility index (Phi) is 6.54. The van der Waals surface area contributed by atoms with Gasteiger partial charge in [0.05, 0.1) is 13.1 Å². The molecular formula is C17H26N2O2. The Morgan fingerprint density at radius 3 is 2.67 bits per heavy atom. The summed E-state index contributed by atoms with van der Waals surface area (Å²) < 4.78 is 5.55. The van der Waals surface area contributed by atoms with Crippen LogP contribution in [0.4, 0.5) is 0 Å². The fourth-order valence-corrected chi connectivity index (χ4v) is 2.81. The van der Waals surface area contributed by atoms with Crippen LogP contribution >= 0.6 is 0 Å².